The Bertz CT molecular complexity index is 565. The Labute approximate surface area is 136 Å². The van der Waals surface area contributed by atoms with Crippen molar-refractivity contribution < 1.29 is 14.3 Å². The molecule has 2 amide bonds. The number of aryl methyl sites for hydroxylation is 1. The summed E-state index contributed by atoms with van der Waals surface area (Å²) in [5.41, 5.74) is 0.632. The maximum absolute atomic E-state index is 12.6. The maximum Gasteiger partial charge on any atom is 0.272 e. The van der Waals surface area contributed by atoms with Crippen LogP contribution in [0.4, 0.5) is 0 Å². The van der Waals surface area contributed by atoms with E-state index in [9.17, 15) is 9.59 Å². The number of nitrogens with zero attached hydrogens (tertiary/aromatic N) is 4. The van der Waals surface area contributed by atoms with Crippen molar-refractivity contribution in [1.82, 2.24) is 19.6 Å². The summed E-state index contributed by atoms with van der Waals surface area (Å²) < 4.78 is 6.99. The van der Waals surface area contributed by atoms with Crippen molar-refractivity contribution in [2.45, 2.75) is 26.3 Å². The van der Waals surface area contributed by atoms with E-state index < -0.39 is 0 Å². The minimum absolute atomic E-state index is 0.0191. The highest BCUT2D eigenvalue weighted by atomic mass is 16.5. The quantitative estimate of drug-likeness (QED) is 0.815. The van der Waals surface area contributed by atoms with Crippen molar-refractivity contribution in [3.63, 3.8) is 0 Å². The molecular weight excluding hydrogens is 296 g/mol. The molecule has 2 aliphatic rings. The van der Waals surface area contributed by atoms with Crippen molar-refractivity contribution in [3.05, 3.63) is 18.0 Å². The van der Waals surface area contributed by atoms with E-state index in [2.05, 4.69) is 5.10 Å². The number of amides is 2. The van der Waals surface area contributed by atoms with E-state index in [0.29, 0.717) is 51.5 Å². The van der Waals surface area contributed by atoms with Gasteiger partial charge in [0.2, 0.25) is 5.91 Å². The number of rotatable bonds is 4. The van der Waals surface area contributed by atoms with Crippen LogP contribution in [0.15, 0.2) is 12.3 Å². The van der Waals surface area contributed by atoms with E-state index in [0.717, 1.165) is 13.0 Å². The third-order valence-electron chi connectivity index (χ3n) is 4.64. The molecule has 0 saturated carbocycles. The SMILES string of the molecule is CCn1nccc1C(=O)N1CCC(CC(=O)N2CCOCC2)C1. The molecule has 7 heteroatoms. The second-order valence-corrected chi connectivity index (χ2v) is 6.14. The molecule has 7 nitrogen and oxygen atoms in total. The second-order valence-electron chi connectivity index (χ2n) is 6.14. The van der Waals surface area contributed by atoms with Gasteiger partial charge in [-0.1, -0.05) is 0 Å². The van der Waals surface area contributed by atoms with Gasteiger partial charge in [-0.25, -0.2) is 0 Å². The van der Waals surface area contributed by atoms with Crippen LogP contribution in [0.5, 0.6) is 0 Å². The summed E-state index contributed by atoms with van der Waals surface area (Å²) >= 11 is 0. The minimum Gasteiger partial charge on any atom is -0.378 e. The highest BCUT2D eigenvalue weighted by molar-refractivity contribution is 5.92. The van der Waals surface area contributed by atoms with Crippen LogP contribution in [0.25, 0.3) is 0 Å². The van der Waals surface area contributed by atoms with Gasteiger partial charge in [0.25, 0.3) is 5.91 Å². The summed E-state index contributed by atoms with van der Waals surface area (Å²) in [6, 6.07) is 1.76. The largest absolute Gasteiger partial charge is 0.378 e. The average molecular weight is 320 g/mol. The first-order valence-corrected chi connectivity index (χ1v) is 8.35. The molecule has 2 saturated heterocycles. The Morgan fingerprint density at radius 1 is 1.26 bits per heavy atom. The summed E-state index contributed by atoms with van der Waals surface area (Å²) in [7, 11) is 0. The van der Waals surface area contributed by atoms with Gasteiger partial charge >= 0.3 is 0 Å². The molecule has 1 aromatic heterocycles. The van der Waals surface area contributed by atoms with E-state index in [1.807, 2.05) is 16.7 Å². The first kappa shape index (κ1) is 16.0. The van der Waals surface area contributed by atoms with Crippen LogP contribution in [-0.2, 0) is 16.1 Å². The lowest BCUT2D eigenvalue weighted by Gasteiger charge is -2.27. The number of likely N-dealkylation sites (tertiary alicyclic amines) is 1. The van der Waals surface area contributed by atoms with Crippen LogP contribution >= 0.6 is 0 Å². The van der Waals surface area contributed by atoms with Crippen molar-refractivity contribution in [2.75, 3.05) is 39.4 Å². The fraction of sp³-hybridized carbons (Fsp3) is 0.688. The first-order chi connectivity index (χ1) is 11.2. The minimum atomic E-state index is 0.0191. The Morgan fingerprint density at radius 2 is 2.04 bits per heavy atom. The number of morpholine rings is 1. The van der Waals surface area contributed by atoms with Gasteiger partial charge in [-0.2, -0.15) is 5.10 Å². The number of carbonyl (C=O) groups excluding carboxylic acids is 2. The molecule has 0 aliphatic carbocycles. The smallest absolute Gasteiger partial charge is 0.272 e. The molecule has 2 aliphatic heterocycles. The predicted octanol–water partition coefficient (Wildman–Crippen LogP) is 0.614. The fourth-order valence-electron chi connectivity index (χ4n) is 3.30. The molecule has 0 bridgehead atoms. The Kier molecular flexibility index (Phi) is 4.95. The molecule has 1 aromatic rings. The number of hydrogen-bond donors (Lipinski definition) is 0. The third kappa shape index (κ3) is 3.55. The molecule has 0 radical (unpaired) electrons. The molecule has 0 N–H and O–H groups in total. The molecule has 1 unspecified atom stereocenters. The highest BCUT2D eigenvalue weighted by Crippen LogP contribution is 2.22. The summed E-state index contributed by atoms with van der Waals surface area (Å²) in [5.74, 6) is 0.462. The number of hydrogen-bond acceptors (Lipinski definition) is 4. The number of ether oxygens (including phenoxy) is 1. The van der Waals surface area contributed by atoms with Gasteiger partial charge in [-0.05, 0) is 25.3 Å². The Hall–Kier alpha value is -1.89. The van der Waals surface area contributed by atoms with Gasteiger partial charge in [0, 0.05) is 45.3 Å². The van der Waals surface area contributed by atoms with E-state index in [4.69, 9.17) is 4.74 Å². The highest BCUT2D eigenvalue weighted by Gasteiger charge is 2.31. The average Bonchev–Trinajstić information content (AvgIpc) is 3.24. The molecule has 0 aromatic carbocycles. The maximum atomic E-state index is 12.6. The Morgan fingerprint density at radius 3 is 2.78 bits per heavy atom. The zero-order valence-electron chi connectivity index (χ0n) is 13.6. The van der Waals surface area contributed by atoms with Crippen LogP contribution in [0.2, 0.25) is 0 Å². The molecule has 3 heterocycles. The molecule has 2 fully saturated rings. The molecular formula is C16H24N4O3. The topological polar surface area (TPSA) is 67.7 Å². The predicted molar refractivity (Wildman–Crippen MR) is 83.9 cm³/mol. The van der Waals surface area contributed by atoms with Crippen LogP contribution in [0, 0.1) is 5.92 Å². The van der Waals surface area contributed by atoms with Gasteiger partial charge in [-0.3, -0.25) is 14.3 Å². The standard InChI is InChI=1S/C16H24N4O3/c1-2-20-14(3-5-17-20)16(22)19-6-4-13(12-19)11-15(21)18-7-9-23-10-8-18/h3,5,13H,2,4,6-12H2,1H3. The monoisotopic (exact) mass is 320 g/mol. The summed E-state index contributed by atoms with van der Waals surface area (Å²) in [6.45, 7) is 6.65. The van der Waals surface area contributed by atoms with Crippen LogP contribution in [0.1, 0.15) is 30.3 Å². The molecule has 0 spiro atoms. The fourth-order valence-corrected chi connectivity index (χ4v) is 3.30. The van der Waals surface area contributed by atoms with Gasteiger partial charge in [0.1, 0.15) is 5.69 Å². The third-order valence-corrected chi connectivity index (χ3v) is 4.64. The van der Waals surface area contributed by atoms with E-state index in [-0.39, 0.29) is 17.7 Å². The lowest BCUT2D eigenvalue weighted by molar-refractivity contribution is -0.136. The van der Waals surface area contributed by atoms with Crippen molar-refractivity contribution in [3.8, 4) is 0 Å². The van der Waals surface area contributed by atoms with Crippen LogP contribution in [0.3, 0.4) is 0 Å². The summed E-state index contributed by atoms with van der Waals surface area (Å²) in [5, 5.41) is 4.15. The van der Waals surface area contributed by atoms with Crippen LogP contribution in [-0.4, -0.2) is 70.8 Å². The zero-order valence-corrected chi connectivity index (χ0v) is 13.6. The van der Waals surface area contributed by atoms with E-state index in [1.54, 1.807) is 16.9 Å². The molecule has 3 rings (SSSR count). The van der Waals surface area contributed by atoms with E-state index in [1.165, 1.54) is 0 Å². The summed E-state index contributed by atoms with van der Waals surface area (Å²) in [4.78, 5) is 28.6. The lowest BCUT2D eigenvalue weighted by atomic mass is 10.0. The normalized spacial score (nSPS) is 21.7. The second kappa shape index (κ2) is 7.12. The molecule has 1 atom stereocenters. The molecule has 126 valence electrons. The Balaban J connectivity index is 1.54. The lowest BCUT2D eigenvalue weighted by Crippen LogP contribution is -2.41. The van der Waals surface area contributed by atoms with Gasteiger partial charge in [-0.15, -0.1) is 0 Å². The summed E-state index contributed by atoms with van der Waals surface area (Å²) in [6.07, 6.45) is 3.07. The van der Waals surface area contributed by atoms with Crippen molar-refractivity contribution in [1.29, 1.82) is 0 Å². The zero-order chi connectivity index (χ0) is 16.2. The number of aromatic nitrogens is 2. The number of carbonyl (C=O) groups is 2. The van der Waals surface area contributed by atoms with Crippen LogP contribution < -0.4 is 0 Å². The van der Waals surface area contributed by atoms with Crippen molar-refractivity contribution in [2.24, 2.45) is 5.92 Å². The van der Waals surface area contributed by atoms with Crippen molar-refractivity contribution >= 4 is 11.8 Å². The van der Waals surface area contributed by atoms with E-state index >= 15 is 0 Å². The molecule has 23 heavy (non-hydrogen) atoms. The van der Waals surface area contributed by atoms with Gasteiger partial charge < -0.3 is 14.5 Å². The van der Waals surface area contributed by atoms with Gasteiger partial charge in [0.05, 0.1) is 13.2 Å². The first-order valence-electron chi connectivity index (χ1n) is 8.35. The van der Waals surface area contributed by atoms with Gasteiger partial charge in [0.15, 0.2) is 0 Å².